The topological polar surface area (TPSA) is 96.2 Å². The van der Waals surface area contributed by atoms with Gasteiger partial charge in [0.2, 0.25) is 5.91 Å². The molecule has 1 aliphatic heterocycles. The third kappa shape index (κ3) is 4.21. The summed E-state index contributed by atoms with van der Waals surface area (Å²) in [6, 6.07) is -0.136. The van der Waals surface area contributed by atoms with Gasteiger partial charge < -0.3 is 15.1 Å². The lowest BCUT2D eigenvalue weighted by atomic mass is 9.91. The number of urea groups is 1. The van der Waals surface area contributed by atoms with Crippen molar-refractivity contribution in [2.24, 2.45) is 11.8 Å². The molecular weight excluding hydrogens is 310 g/mol. The first kappa shape index (κ1) is 18.2. The van der Waals surface area contributed by atoms with Crippen molar-refractivity contribution in [3.8, 4) is 0 Å². The van der Waals surface area contributed by atoms with Crippen molar-refractivity contribution in [1.29, 1.82) is 0 Å². The fraction of sp³-hybridized carbons (Fsp3) is 0.800. The van der Waals surface area contributed by atoms with Gasteiger partial charge in [-0.05, 0) is 23.3 Å². The minimum absolute atomic E-state index is 0.0152. The minimum Gasteiger partial charge on any atom is -0.340 e. The Bertz CT molecular complexity index is 584. The number of aromatic nitrogens is 4. The molecule has 2 heterocycles. The fourth-order valence-corrected chi connectivity index (χ4v) is 2.96. The summed E-state index contributed by atoms with van der Waals surface area (Å²) in [7, 11) is 3.43. The Balaban J connectivity index is 1.94. The Morgan fingerprint density at radius 2 is 2.04 bits per heavy atom. The lowest BCUT2D eigenvalue weighted by Crippen LogP contribution is -2.46. The summed E-state index contributed by atoms with van der Waals surface area (Å²) in [4.78, 5) is 27.8. The molecule has 24 heavy (non-hydrogen) atoms. The van der Waals surface area contributed by atoms with E-state index in [1.807, 2.05) is 11.8 Å². The summed E-state index contributed by atoms with van der Waals surface area (Å²) in [5, 5.41) is 14.3. The zero-order valence-corrected chi connectivity index (χ0v) is 15.1. The number of nitrogens with one attached hydrogen (secondary N) is 1. The van der Waals surface area contributed by atoms with E-state index < -0.39 is 0 Å². The molecule has 1 aromatic heterocycles. The Morgan fingerprint density at radius 3 is 2.58 bits per heavy atom. The number of rotatable bonds is 5. The first-order valence-corrected chi connectivity index (χ1v) is 8.28. The van der Waals surface area contributed by atoms with Crippen molar-refractivity contribution in [2.75, 3.05) is 27.2 Å². The number of aryl methyl sites for hydroxylation is 2. The molecule has 0 saturated carbocycles. The molecule has 0 radical (unpaired) electrons. The Labute approximate surface area is 142 Å². The van der Waals surface area contributed by atoms with E-state index in [2.05, 4.69) is 34.7 Å². The highest BCUT2D eigenvalue weighted by Gasteiger charge is 2.37. The van der Waals surface area contributed by atoms with E-state index in [4.69, 9.17) is 0 Å². The van der Waals surface area contributed by atoms with Gasteiger partial charge in [-0.1, -0.05) is 13.8 Å². The first-order chi connectivity index (χ1) is 11.3. The molecule has 1 aliphatic rings. The van der Waals surface area contributed by atoms with Gasteiger partial charge in [0.05, 0.1) is 12.6 Å². The molecule has 0 bridgehead atoms. The van der Waals surface area contributed by atoms with E-state index >= 15 is 0 Å². The van der Waals surface area contributed by atoms with Crippen LogP contribution in [0.15, 0.2) is 0 Å². The van der Waals surface area contributed by atoms with Gasteiger partial charge in [0.25, 0.3) is 0 Å². The molecule has 0 aliphatic carbocycles. The number of hydrogen-bond acceptors (Lipinski definition) is 5. The third-order valence-electron chi connectivity index (χ3n) is 4.54. The van der Waals surface area contributed by atoms with E-state index in [0.29, 0.717) is 37.8 Å². The molecular formula is C15H27N7O2. The van der Waals surface area contributed by atoms with Crippen LogP contribution in [0.2, 0.25) is 0 Å². The molecule has 0 unspecified atom stereocenters. The summed E-state index contributed by atoms with van der Waals surface area (Å²) in [6.45, 7) is 7.74. The van der Waals surface area contributed by atoms with E-state index in [1.54, 1.807) is 18.8 Å². The number of carbonyl (C=O) groups is 2. The van der Waals surface area contributed by atoms with Gasteiger partial charge in [-0.2, -0.15) is 0 Å². The highest BCUT2D eigenvalue weighted by atomic mass is 16.2. The van der Waals surface area contributed by atoms with Crippen LogP contribution in [-0.2, 0) is 11.3 Å². The van der Waals surface area contributed by atoms with Crippen molar-refractivity contribution in [3.05, 3.63) is 5.82 Å². The SMILES string of the molecule is Cc1nnnn1CCC(=O)N1C[C@@H](NC(=O)N(C)C)[C@H](C(C)C)C1. The lowest BCUT2D eigenvalue weighted by Gasteiger charge is -2.24. The molecule has 9 nitrogen and oxygen atoms in total. The smallest absolute Gasteiger partial charge is 0.317 e. The van der Waals surface area contributed by atoms with Gasteiger partial charge in [-0.25, -0.2) is 9.48 Å². The third-order valence-corrected chi connectivity index (χ3v) is 4.54. The zero-order valence-electron chi connectivity index (χ0n) is 15.1. The summed E-state index contributed by atoms with van der Waals surface area (Å²) in [5.41, 5.74) is 0. The lowest BCUT2D eigenvalue weighted by molar-refractivity contribution is -0.130. The van der Waals surface area contributed by atoms with Crippen LogP contribution in [0.3, 0.4) is 0 Å². The maximum absolute atomic E-state index is 12.5. The quantitative estimate of drug-likeness (QED) is 0.823. The predicted octanol–water partition coefficient (Wildman–Crippen LogP) is 0.126. The highest BCUT2D eigenvalue weighted by Crippen LogP contribution is 2.25. The van der Waals surface area contributed by atoms with Gasteiger partial charge in [-0.3, -0.25) is 4.79 Å². The van der Waals surface area contributed by atoms with E-state index in [-0.39, 0.29) is 23.9 Å². The van der Waals surface area contributed by atoms with Crippen molar-refractivity contribution in [3.63, 3.8) is 0 Å². The first-order valence-electron chi connectivity index (χ1n) is 8.28. The van der Waals surface area contributed by atoms with Crippen LogP contribution in [0.5, 0.6) is 0 Å². The van der Waals surface area contributed by atoms with Gasteiger partial charge in [0.1, 0.15) is 5.82 Å². The number of carbonyl (C=O) groups excluding carboxylic acids is 2. The van der Waals surface area contributed by atoms with Crippen LogP contribution in [0.25, 0.3) is 0 Å². The Kier molecular flexibility index (Phi) is 5.74. The molecule has 134 valence electrons. The monoisotopic (exact) mass is 337 g/mol. The molecule has 0 aromatic carbocycles. The number of hydrogen-bond donors (Lipinski definition) is 1. The van der Waals surface area contributed by atoms with E-state index in [1.165, 1.54) is 4.90 Å². The Hall–Kier alpha value is -2.19. The van der Waals surface area contributed by atoms with Crippen LogP contribution >= 0.6 is 0 Å². The molecule has 3 amide bonds. The summed E-state index contributed by atoms with van der Waals surface area (Å²) in [6.07, 6.45) is 0.352. The number of likely N-dealkylation sites (tertiary alicyclic amines) is 1. The molecule has 1 N–H and O–H groups in total. The van der Waals surface area contributed by atoms with Crippen LogP contribution in [0.1, 0.15) is 26.1 Å². The number of tetrazole rings is 1. The second-order valence-corrected chi connectivity index (χ2v) is 6.86. The van der Waals surface area contributed by atoms with Gasteiger partial charge in [0, 0.05) is 39.5 Å². The predicted molar refractivity (Wildman–Crippen MR) is 88.1 cm³/mol. The highest BCUT2D eigenvalue weighted by molar-refractivity contribution is 5.77. The van der Waals surface area contributed by atoms with Crippen molar-refractivity contribution >= 4 is 11.9 Å². The van der Waals surface area contributed by atoms with Crippen LogP contribution in [0, 0.1) is 18.8 Å². The van der Waals surface area contributed by atoms with Gasteiger partial charge in [-0.15, -0.1) is 5.10 Å². The molecule has 1 fully saturated rings. The average Bonchev–Trinajstić information content (AvgIpc) is 3.11. The van der Waals surface area contributed by atoms with Crippen molar-refractivity contribution < 1.29 is 9.59 Å². The minimum atomic E-state index is -0.121. The van der Waals surface area contributed by atoms with Gasteiger partial charge in [0.15, 0.2) is 0 Å². The Morgan fingerprint density at radius 1 is 1.33 bits per heavy atom. The molecule has 0 spiro atoms. The van der Waals surface area contributed by atoms with Crippen LogP contribution < -0.4 is 5.32 Å². The normalized spacial score (nSPS) is 20.5. The maximum atomic E-state index is 12.5. The van der Waals surface area contributed by atoms with Crippen molar-refractivity contribution in [2.45, 2.75) is 39.8 Å². The van der Waals surface area contributed by atoms with Gasteiger partial charge >= 0.3 is 6.03 Å². The molecule has 2 atom stereocenters. The van der Waals surface area contributed by atoms with E-state index in [0.717, 1.165) is 0 Å². The standard InChI is InChI=1S/C15H27N7O2/c1-10(2)12-8-21(9-13(12)16-15(24)20(4)5)14(23)6-7-22-11(3)17-18-19-22/h10,12-13H,6-9H2,1-5H3,(H,16,24)/t12-,13+/m0/s1. The fourth-order valence-electron chi connectivity index (χ4n) is 2.96. The molecule has 2 rings (SSSR count). The summed E-state index contributed by atoms with van der Waals surface area (Å²) in [5.74, 6) is 1.40. The largest absolute Gasteiger partial charge is 0.340 e. The maximum Gasteiger partial charge on any atom is 0.317 e. The second kappa shape index (κ2) is 7.59. The van der Waals surface area contributed by atoms with Crippen molar-refractivity contribution in [1.82, 2.24) is 35.3 Å². The second-order valence-electron chi connectivity index (χ2n) is 6.86. The average molecular weight is 337 g/mol. The molecule has 1 aromatic rings. The van der Waals surface area contributed by atoms with Crippen LogP contribution in [-0.4, -0.2) is 75.2 Å². The zero-order chi connectivity index (χ0) is 17.9. The number of nitrogens with zero attached hydrogens (tertiary/aromatic N) is 6. The summed E-state index contributed by atoms with van der Waals surface area (Å²) < 4.78 is 1.62. The number of amides is 3. The van der Waals surface area contributed by atoms with E-state index in [9.17, 15) is 9.59 Å². The molecule has 1 saturated heterocycles. The van der Waals surface area contributed by atoms with Crippen LogP contribution in [0.4, 0.5) is 4.79 Å². The summed E-state index contributed by atoms with van der Waals surface area (Å²) >= 11 is 0. The molecule has 9 heteroatoms.